The minimum absolute atomic E-state index is 0.0471. The number of aromatic nitrogens is 1. The minimum atomic E-state index is -0.637. The second-order valence-electron chi connectivity index (χ2n) is 4.52. The smallest absolute Gasteiger partial charge is 0.160 e. The molecule has 0 spiro atoms. The largest absolute Gasteiger partial charge is 0.397 e. The van der Waals surface area contributed by atoms with E-state index >= 15 is 0 Å². The molecule has 0 saturated heterocycles. The Morgan fingerprint density at radius 1 is 1.19 bits per heavy atom. The fourth-order valence-electron chi connectivity index (χ4n) is 2.00. The monoisotopic (exact) mass is 341 g/mol. The van der Waals surface area contributed by atoms with Crippen LogP contribution in [-0.4, -0.2) is 4.98 Å². The number of aryl methyl sites for hydroxylation is 1. The summed E-state index contributed by atoms with van der Waals surface area (Å²) in [6.07, 6.45) is 0. The van der Waals surface area contributed by atoms with Crippen LogP contribution in [0.2, 0.25) is 10.0 Å². The third-order valence-electron chi connectivity index (χ3n) is 2.93. The molecule has 7 heteroatoms. The number of hydrogen-bond donors (Lipinski definition) is 2. The maximum atomic E-state index is 13.4. The lowest BCUT2D eigenvalue weighted by Gasteiger charge is -2.10. The van der Waals surface area contributed by atoms with E-state index in [1.807, 2.05) is 19.1 Å². The first-order valence-electron chi connectivity index (χ1n) is 6.02. The number of benzene rings is 2. The Morgan fingerprint density at radius 2 is 1.86 bits per heavy atom. The van der Waals surface area contributed by atoms with Gasteiger partial charge >= 0.3 is 0 Å². The zero-order valence-electron chi connectivity index (χ0n) is 10.9. The van der Waals surface area contributed by atoms with Gasteiger partial charge in [0.1, 0.15) is 0 Å². The summed E-state index contributed by atoms with van der Waals surface area (Å²) in [6, 6.07) is 6.62. The van der Waals surface area contributed by atoms with E-state index in [9.17, 15) is 4.39 Å². The van der Waals surface area contributed by atoms with Crippen molar-refractivity contribution in [2.45, 2.75) is 6.92 Å². The molecule has 0 unspecified atom stereocenters. The molecule has 0 bridgehead atoms. The molecule has 1 aromatic heterocycles. The Morgan fingerprint density at radius 3 is 2.52 bits per heavy atom. The average molecular weight is 342 g/mol. The number of nitrogen functional groups attached to an aromatic ring is 1. The van der Waals surface area contributed by atoms with Crippen LogP contribution in [0.4, 0.5) is 21.5 Å². The molecule has 0 aliphatic heterocycles. The first-order valence-corrected chi connectivity index (χ1v) is 7.59. The number of hydrogen-bond acceptors (Lipinski definition) is 4. The number of thiazole rings is 1. The number of fused-ring (bicyclic) bond motifs is 1. The van der Waals surface area contributed by atoms with Gasteiger partial charge in [-0.3, -0.25) is 0 Å². The molecule has 0 aliphatic carbocycles. The number of nitrogens with one attached hydrogen (secondary N) is 1. The van der Waals surface area contributed by atoms with Crippen LogP contribution in [0.1, 0.15) is 5.01 Å². The van der Waals surface area contributed by atoms with Crippen LogP contribution in [0.5, 0.6) is 0 Å². The highest BCUT2D eigenvalue weighted by Gasteiger charge is 2.10. The highest BCUT2D eigenvalue weighted by molar-refractivity contribution is 7.18. The molecule has 1 heterocycles. The Kier molecular flexibility index (Phi) is 3.65. The van der Waals surface area contributed by atoms with Gasteiger partial charge in [-0.1, -0.05) is 23.2 Å². The van der Waals surface area contributed by atoms with Crippen molar-refractivity contribution in [1.82, 2.24) is 4.98 Å². The van der Waals surface area contributed by atoms with Gasteiger partial charge in [0, 0.05) is 5.69 Å². The van der Waals surface area contributed by atoms with Crippen LogP contribution in [0, 0.1) is 12.7 Å². The van der Waals surface area contributed by atoms with Crippen LogP contribution in [0.15, 0.2) is 24.3 Å². The predicted molar refractivity (Wildman–Crippen MR) is 88.5 cm³/mol. The van der Waals surface area contributed by atoms with E-state index < -0.39 is 5.82 Å². The Balaban J connectivity index is 2.03. The van der Waals surface area contributed by atoms with Crippen LogP contribution in [0.25, 0.3) is 10.2 Å². The van der Waals surface area contributed by atoms with Gasteiger partial charge in [-0.15, -0.1) is 11.3 Å². The third kappa shape index (κ3) is 2.77. The van der Waals surface area contributed by atoms with Crippen LogP contribution in [-0.2, 0) is 0 Å². The minimum Gasteiger partial charge on any atom is -0.397 e. The summed E-state index contributed by atoms with van der Waals surface area (Å²) in [4.78, 5) is 4.42. The van der Waals surface area contributed by atoms with Crippen molar-refractivity contribution in [3.63, 3.8) is 0 Å². The fraction of sp³-hybridized carbons (Fsp3) is 0.0714. The number of rotatable bonds is 2. The molecule has 0 amide bonds. The van der Waals surface area contributed by atoms with Gasteiger partial charge in [0.05, 0.1) is 36.6 Å². The first kappa shape index (κ1) is 14.4. The van der Waals surface area contributed by atoms with Gasteiger partial charge in [0.15, 0.2) is 5.82 Å². The second-order valence-corrected chi connectivity index (χ2v) is 6.57. The van der Waals surface area contributed by atoms with Crippen molar-refractivity contribution in [1.29, 1.82) is 0 Å². The summed E-state index contributed by atoms with van der Waals surface area (Å²) in [7, 11) is 0. The van der Waals surface area contributed by atoms with Crippen molar-refractivity contribution >= 4 is 61.8 Å². The normalized spacial score (nSPS) is 11.0. The summed E-state index contributed by atoms with van der Waals surface area (Å²) >= 11 is 13.1. The SMILES string of the molecule is Cc1nc2cc(Nc3cc(Cl)c(F)c(Cl)c3)c(N)cc2s1. The molecule has 3 rings (SSSR count). The number of anilines is 3. The van der Waals surface area contributed by atoms with E-state index in [-0.39, 0.29) is 10.0 Å². The molecule has 3 N–H and O–H groups in total. The van der Waals surface area contributed by atoms with Gasteiger partial charge in [-0.05, 0) is 31.2 Å². The number of nitrogens with zero attached hydrogens (tertiary/aromatic N) is 1. The number of halogens is 3. The Labute approximate surface area is 134 Å². The lowest BCUT2D eigenvalue weighted by Crippen LogP contribution is -1.97. The molecule has 21 heavy (non-hydrogen) atoms. The van der Waals surface area contributed by atoms with E-state index in [4.69, 9.17) is 28.9 Å². The molecule has 0 saturated carbocycles. The molecule has 3 nitrogen and oxygen atoms in total. The van der Waals surface area contributed by atoms with Gasteiger partial charge in [0.2, 0.25) is 0 Å². The van der Waals surface area contributed by atoms with Crippen molar-refractivity contribution in [2.75, 3.05) is 11.1 Å². The van der Waals surface area contributed by atoms with Gasteiger partial charge < -0.3 is 11.1 Å². The van der Waals surface area contributed by atoms with E-state index in [0.29, 0.717) is 17.1 Å². The maximum Gasteiger partial charge on any atom is 0.160 e. The molecule has 3 aromatic rings. The Hall–Kier alpha value is -1.56. The van der Waals surface area contributed by atoms with Crippen LogP contribution in [0.3, 0.4) is 0 Å². The summed E-state index contributed by atoms with van der Waals surface area (Å²) in [6.45, 7) is 1.94. The Bertz CT molecular complexity index is 825. The summed E-state index contributed by atoms with van der Waals surface area (Å²) in [5.74, 6) is -0.637. The highest BCUT2D eigenvalue weighted by Crippen LogP contribution is 2.34. The van der Waals surface area contributed by atoms with Crippen molar-refractivity contribution < 1.29 is 4.39 Å². The predicted octanol–water partition coefficient (Wildman–Crippen LogP) is 5.38. The third-order valence-corrected chi connectivity index (χ3v) is 4.41. The second kappa shape index (κ2) is 5.33. The fourth-order valence-corrected chi connectivity index (χ4v) is 3.34. The molecule has 0 aliphatic rings. The molecule has 2 aromatic carbocycles. The lowest BCUT2D eigenvalue weighted by atomic mass is 10.2. The highest BCUT2D eigenvalue weighted by atomic mass is 35.5. The van der Waals surface area contributed by atoms with E-state index in [0.717, 1.165) is 15.2 Å². The van der Waals surface area contributed by atoms with Crippen LogP contribution >= 0.6 is 34.5 Å². The van der Waals surface area contributed by atoms with Gasteiger partial charge in [-0.2, -0.15) is 0 Å². The van der Waals surface area contributed by atoms with Crippen molar-refractivity contribution in [2.24, 2.45) is 0 Å². The van der Waals surface area contributed by atoms with Gasteiger partial charge in [0.25, 0.3) is 0 Å². The van der Waals surface area contributed by atoms with Gasteiger partial charge in [-0.25, -0.2) is 9.37 Å². The topological polar surface area (TPSA) is 50.9 Å². The number of nitrogens with two attached hydrogens (primary N) is 1. The van der Waals surface area contributed by atoms with E-state index in [1.54, 1.807) is 11.3 Å². The summed E-state index contributed by atoms with van der Waals surface area (Å²) in [5.41, 5.74) is 8.69. The lowest BCUT2D eigenvalue weighted by molar-refractivity contribution is 0.629. The van der Waals surface area contributed by atoms with Crippen LogP contribution < -0.4 is 11.1 Å². The molecular weight excluding hydrogens is 332 g/mol. The standard InChI is InChI=1S/C14H10Cl2FN3S/c1-6-19-12-5-11(10(18)4-13(12)21-6)20-7-2-8(15)14(17)9(16)3-7/h2-5,20H,18H2,1H3. The first-order chi connectivity index (χ1) is 9.94. The summed E-state index contributed by atoms with van der Waals surface area (Å²) < 4.78 is 14.4. The maximum absolute atomic E-state index is 13.4. The zero-order chi connectivity index (χ0) is 15.1. The zero-order valence-corrected chi connectivity index (χ0v) is 13.2. The average Bonchev–Trinajstić information content (AvgIpc) is 2.75. The molecular formula is C14H10Cl2FN3S. The summed E-state index contributed by atoms with van der Waals surface area (Å²) in [5, 5.41) is 3.96. The molecule has 0 fully saturated rings. The quantitative estimate of drug-likeness (QED) is 0.486. The molecule has 108 valence electrons. The van der Waals surface area contributed by atoms with Crippen molar-refractivity contribution in [3.05, 3.63) is 45.1 Å². The molecule has 0 radical (unpaired) electrons. The van der Waals surface area contributed by atoms with E-state index in [2.05, 4.69) is 10.3 Å². The van der Waals surface area contributed by atoms with E-state index in [1.165, 1.54) is 12.1 Å². The molecule has 0 atom stereocenters. The van der Waals surface area contributed by atoms with Crippen molar-refractivity contribution in [3.8, 4) is 0 Å².